The molecule has 1 amide bonds. The standard InChI is InChI=1S/C20H17NO3S/c1-13(15-8-7-14-9-10-25-18(14)12-15)11-19(22)21-17-6-4-3-5-16(17)20(23)24-2/h3-12H,1-2H3,(H,21,22)/b13-11-. The molecule has 0 spiro atoms. The molecule has 0 unspecified atom stereocenters. The highest BCUT2D eigenvalue weighted by Gasteiger charge is 2.12. The van der Waals surface area contributed by atoms with Gasteiger partial charge in [-0.25, -0.2) is 4.79 Å². The van der Waals surface area contributed by atoms with E-state index in [1.54, 1.807) is 35.6 Å². The van der Waals surface area contributed by atoms with Crippen LogP contribution in [0.2, 0.25) is 0 Å². The Bertz CT molecular complexity index is 972. The summed E-state index contributed by atoms with van der Waals surface area (Å²) in [6.07, 6.45) is 1.53. The average Bonchev–Trinajstić information content (AvgIpc) is 3.09. The Morgan fingerprint density at radius 1 is 1.12 bits per heavy atom. The second-order valence-corrected chi connectivity index (χ2v) is 6.47. The highest BCUT2D eigenvalue weighted by Crippen LogP contribution is 2.25. The lowest BCUT2D eigenvalue weighted by Gasteiger charge is -2.08. The number of carbonyl (C=O) groups excluding carboxylic acids is 2. The topological polar surface area (TPSA) is 55.4 Å². The molecular formula is C20H17NO3S. The van der Waals surface area contributed by atoms with Crippen LogP contribution in [0.1, 0.15) is 22.8 Å². The summed E-state index contributed by atoms with van der Waals surface area (Å²) in [4.78, 5) is 24.1. The average molecular weight is 351 g/mol. The molecule has 0 aliphatic rings. The highest BCUT2D eigenvalue weighted by atomic mass is 32.1. The Kier molecular flexibility index (Phi) is 4.95. The van der Waals surface area contributed by atoms with Gasteiger partial charge in [0.15, 0.2) is 0 Å². The Balaban J connectivity index is 1.81. The summed E-state index contributed by atoms with van der Waals surface area (Å²) in [5.41, 5.74) is 2.59. The van der Waals surface area contributed by atoms with Gasteiger partial charge in [-0.2, -0.15) is 0 Å². The molecule has 25 heavy (non-hydrogen) atoms. The van der Waals surface area contributed by atoms with Crippen molar-refractivity contribution in [2.75, 3.05) is 12.4 Å². The van der Waals surface area contributed by atoms with Crippen molar-refractivity contribution in [1.29, 1.82) is 0 Å². The smallest absolute Gasteiger partial charge is 0.339 e. The van der Waals surface area contributed by atoms with E-state index in [4.69, 9.17) is 4.74 Å². The van der Waals surface area contributed by atoms with Gasteiger partial charge >= 0.3 is 5.97 Å². The van der Waals surface area contributed by atoms with Crippen molar-refractivity contribution in [2.24, 2.45) is 0 Å². The monoisotopic (exact) mass is 351 g/mol. The van der Waals surface area contributed by atoms with E-state index in [0.29, 0.717) is 11.3 Å². The number of esters is 1. The summed E-state index contributed by atoms with van der Waals surface area (Å²) in [5, 5.41) is 5.98. The summed E-state index contributed by atoms with van der Waals surface area (Å²) in [6, 6.07) is 14.9. The zero-order valence-electron chi connectivity index (χ0n) is 13.9. The van der Waals surface area contributed by atoms with Crippen LogP contribution in [0.3, 0.4) is 0 Å². The van der Waals surface area contributed by atoms with E-state index in [9.17, 15) is 9.59 Å². The van der Waals surface area contributed by atoms with Crippen LogP contribution in [0.25, 0.3) is 15.7 Å². The molecular weight excluding hydrogens is 334 g/mol. The molecule has 0 aliphatic heterocycles. The Morgan fingerprint density at radius 3 is 2.72 bits per heavy atom. The minimum Gasteiger partial charge on any atom is -0.465 e. The van der Waals surface area contributed by atoms with Gasteiger partial charge in [-0.05, 0) is 53.1 Å². The van der Waals surface area contributed by atoms with E-state index in [1.165, 1.54) is 23.3 Å². The molecule has 2 aromatic carbocycles. The third-order valence-electron chi connectivity index (χ3n) is 3.85. The molecule has 1 heterocycles. The van der Waals surface area contributed by atoms with Crippen LogP contribution < -0.4 is 5.32 Å². The minimum atomic E-state index is -0.486. The van der Waals surface area contributed by atoms with Gasteiger partial charge in [-0.1, -0.05) is 24.3 Å². The molecule has 4 nitrogen and oxygen atoms in total. The number of methoxy groups -OCH3 is 1. The molecule has 0 saturated heterocycles. The first-order valence-corrected chi connectivity index (χ1v) is 8.60. The van der Waals surface area contributed by atoms with Crippen LogP contribution in [-0.2, 0) is 9.53 Å². The molecule has 0 saturated carbocycles. The van der Waals surface area contributed by atoms with Crippen molar-refractivity contribution in [3.05, 3.63) is 71.1 Å². The number of hydrogen-bond donors (Lipinski definition) is 1. The number of hydrogen-bond acceptors (Lipinski definition) is 4. The lowest BCUT2D eigenvalue weighted by atomic mass is 10.1. The number of anilines is 1. The van der Waals surface area contributed by atoms with Crippen LogP contribution in [0, 0.1) is 0 Å². The Labute approximate surface area is 149 Å². The zero-order valence-corrected chi connectivity index (χ0v) is 14.7. The SMILES string of the molecule is COC(=O)c1ccccc1NC(=O)/C=C(/C)c1ccc2ccsc2c1. The van der Waals surface area contributed by atoms with Gasteiger partial charge in [0, 0.05) is 10.8 Å². The van der Waals surface area contributed by atoms with Crippen molar-refractivity contribution in [2.45, 2.75) is 6.92 Å². The minimum absolute atomic E-state index is 0.292. The lowest BCUT2D eigenvalue weighted by Crippen LogP contribution is -2.13. The van der Waals surface area contributed by atoms with Crippen molar-refractivity contribution < 1.29 is 14.3 Å². The molecule has 1 aromatic heterocycles. The third-order valence-corrected chi connectivity index (χ3v) is 4.73. The second kappa shape index (κ2) is 7.32. The maximum atomic E-state index is 12.3. The fraction of sp³-hybridized carbons (Fsp3) is 0.100. The number of carbonyl (C=O) groups is 2. The fourth-order valence-electron chi connectivity index (χ4n) is 2.53. The van der Waals surface area contributed by atoms with Crippen molar-refractivity contribution in [3.63, 3.8) is 0 Å². The number of amides is 1. The number of nitrogens with one attached hydrogen (secondary N) is 1. The molecule has 3 aromatic rings. The van der Waals surface area contributed by atoms with E-state index in [-0.39, 0.29) is 5.91 Å². The fourth-order valence-corrected chi connectivity index (χ4v) is 3.36. The number of ether oxygens (including phenoxy) is 1. The van der Waals surface area contributed by atoms with E-state index in [0.717, 1.165) is 11.1 Å². The maximum absolute atomic E-state index is 12.3. The molecule has 0 fully saturated rings. The van der Waals surface area contributed by atoms with Crippen LogP contribution in [-0.4, -0.2) is 19.0 Å². The van der Waals surface area contributed by atoms with Gasteiger partial charge in [0.25, 0.3) is 0 Å². The second-order valence-electron chi connectivity index (χ2n) is 5.53. The van der Waals surface area contributed by atoms with Gasteiger partial charge in [0.1, 0.15) is 0 Å². The molecule has 126 valence electrons. The van der Waals surface area contributed by atoms with Gasteiger partial charge in [0.2, 0.25) is 5.91 Å². The van der Waals surface area contributed by atoms with Gasteiger partial charge in [-0.3, -0.25) is 4.79 Å². The predicted octanol–water partition coefficient (Wildman–Crippen LogP) is 4.73. The molecule has 0 atom stereocenters. The number of rotatable bonds is 4. The molecule has 3 rings (SSSR count). The molecule has 5 heteroatoms. The van der Waals surface area contributed by atoms with Crippen molar-refractivity contribution >= 4 is 44.6 Å². The summed E-state index contributed by atoms with van der Waals surface area (Å²) >= 11 is 1.67. The van der Waals surface area contributed by atoms with Gasteiger partial charge < -0.3 is 10.1 Å². The van der Waals surface area contributed by atoms with Crippen LogP contribution in [0.15, 0.2) is 60.0 Å². The quantitative estimate of drug-likeness (QED) is 0.546. The Hall–Kier alpha value is -2.92. The first kappa shape index (κ1) is 16.9. The van der Waals surface area contributed by atoms with Crippen LogP contribution in [0.5, 0.6) is 0 Å². The summed E-state index contributed by atoms with van der Waals surface area (Å²) in [7, 11) is 1.31. The third kappa shape index (κ3) is 3.78. The first-order chi connectivity index (χ1) is 12.1. The van der Waals surface area contributed by atoms with Gasteiger partial charge in [0.05, 0.1) is 18.4 Å². The van der Waals surface area contributed by atoms with Crippen molar-refractivity contribution in [3.8, 4) is 0 Å². The van der Waals surface area contributed by atoms with Crippen LogP contribution in [0.4, 0.5) is 5.69 Å². The van der Waals surface area contributed by atoms with E-state index in [1.807, 2.05) is 24.4 Å². The molecule has 0 aliphatic carbocycles. The van der Waals surface area contributed by atoms with Crippen LogP contribution >= 0.6 is 11.3 Å². The maximum Gasteiger partial charge on any atom is 0.339 e. The molecule has 1 N–H and O–H groups in total. The highest BCUT2D eigenvalue weighted by molar-refractivity contribution is 7.17. The van der Waals surface area contributed by atoms with Gasteiger partial charge in [-0.15, -0.1) is 11.3 Å². The zero-order chi connectivity index (χ0) is 17.8. The summed E-state index contributed by atoms with van der Waals surface area (Å²) < 4.78 is 5.92. The number of fused-ring (bicyclic) bond motifs is 1. The number of benzene rings is 2. The predicted molar refractivity (Wildman–Crippen MR) is 102 cm³/mol. The number of para-hydroxylation sites is 1. The molecule has 0 bridgehead atoms. The largest absolute Gasteiger partial charge is 0.465 e. The summed E-state index contributed by atoms with van der Waals surface area (Å²) in [6.45, 7) is 1.89. The van der Waals surface area contributed by atoms with E-state index < -0.39 is 5.97 Å². The number of thiophene rings is 1. The molecule has 0 radical (unpaired) electrons. The first-order valence-electron chi connectivity index (χ1n) is 7.73. The van der Waals surface area contributed by atoms with E-state index in [2.05, 4.69) is 17.4 Å². The lowest BCUT2D eigenvalue weighted by molar-refractivity contribution is -0.111. The van der Waals surface area contributed by atoms with Crippen molar-refractivity contribution in [1.82, 2.24) is 0 Å². The van der Waals surface area contributed by atoms with E-state index >= 15 is 0 Å². The normalized spacial score (nSPS) is 11.4. The number of allylic oxidation sites excluding steroid dienone is 1. The Morgan fingerprint density at radius 2 is 1.92 bits per heavy atom. The summed E-state index contributed by atoms with van der Waals surface area (Å²) in [5.74, 6) is -0.778.